The molecule has 7 atom stereocenters. The van der Waals surface area contributed by atoms with Gasteiger partial charge in [-0.2, -0.15) is 0 Å². The van der Waals surface area contributed by atoms with Gasteiger partial charge in [0.05, 0.1) is 6.10 Å². The molecule has 1 unspecified atom stereocenters. The Bertz CT molecular complexity index is 881. The second kappa shape index (κ2) is 6.49. The summed E-state index contributed by atoms with van der Waals surface area (Å²) < 4.78 is 0. The van der Waals surface area contributed by atoms with E-state index in [0.29, 0.717) is 23.8 Å². The lowest BCUT2D eigenvalue weighted by Gasteiger charge is -2.59. The molecular weight excluding hydrogens is 362 g/mol. The van der Waals surface area contributed by atoms with E-state index in [2.05, 4.69) is 36.0 Å². The largest absolute Gasteiger partial charge is 0.388 e. The average Bonchev–Trinajstić information content (AvgIpc) is 2.97. The van der Waals surface area contributed by atoms with E-state index in [1.165, 1.54) is 6.33 Å². The van der Waals surface area contributed by atoms with Crippen molar-refractivity contribution in [2.24, 2.45) is 28.6 Å². The SMILES string of the molecule is CN1C(=O)C=C[C@@]2(C)C1CC[C@H]1[C@@H]3C/C(=C\c4cncnc4)[C@H](O)[C@@]3(C)CC[C@@H]12. The van der Waals surface area contributed by atoms with Crippen molar-refractivity contribution in [1.29, 1.82) is 0 Å². The van der Waals surface area contributed by atoms with Crippen LogP contribution in [0.3, 0.4) is 0 Å². The maximum Gasteiger partial charge on any atom is 0.246 e. The summed E-state index contributed by atoms with van der Waals surface area (Å²) in [4.78, 5) is 22.4. The summed E-state index contributed by atoms with van der Waals surface area (Å²) >= 11 is 0. The lowest BCUT2D eigenvalue weighted by atomic mass is 9.48. The van der Waals surface area contributed by atoms with E-state index < -0.39 is 6.10 Å². The van der Waals surface area contributed by atoms with Gasteiger partial charge in [0.2, 0.25) is 5.91 Å². The van der Waals surface area contributed by atoms with Gasteiger partial charge in [0.15, 0.2) is 0 Å². The van der Waals surface area contributed by atoms with Crippen molar-refractivity contribution in [1.82, 2.24) is 14.9 Å². The van der Waals surface area contributed by atoms with E-state index in [1.807, 2.05) is 24.3 Å². The number of rotatable bonds is 1. The number of aliphatic hydroxyl groups excluding tert-OH is 1. The number of amides is 1. The standard InChI is InChI=1S/C24H31N3O2/c1-23-9-7-21(28)27(3)20(23)5-4-17-18(23)6-8-24(2)19(17)11-16(22(24)29)10-15-12-25-14-26-13-15/h7,9-10,12-14,17-20,22,29H,4-6,8,11H2,1-3H3/b16-10+/t17-,18+,19+,20?,22+,23-,24+/m1/s1. The third-order valence-electron chi connectivity index (χ3n) is 8.93. The van der Waals surface area contributed by atoms with Crippen molar-refractivity contribution in [2.75, 3.05) is 7.05 Å². The van der Waals surface area contributed by atoms with Crippen molar-refractivity contribution in [3.63, 3.8) is 0 Å². The first-order valence-electron chi connectivity index (χ1n) is 10.9. The van der Waals surface area contributed by atoms with Crippen LogP contribution < -0.4 is 0 Å². The molecule has 5 nitrogen and oxygen atoms in total. The van der Waals surface area contributed by atoms with Gasteiger partial charge < -0.3 is 10.0 Å². The smallest absolute Gasteiger partial charge is 0.246 e. The van der Waals surface area contributed by atoms with Crippen LogP contribution in [-0.2, 0) is 4.79 Å². The highest BCUT2D eigenvalue weighted by atomic mass is 16.3. The molecular formula is C24H31N3O2. The normalized spacial score (nSPS) is 45.1. The van der Waals surface area contributed by atoms with Crippen LogP contribution in [0.25, 0.3) is 6.08 Å². The third-order valence-corrected chi connectivity index (χ3v) is 8.93. The van der Waals surface area contributed by atoms with Crippen LogP contribution >= 0.6 is 0 Å². The molecule has 0 aromatic carbocycles. The molecule has 154 valence electrons. The summed E-state index contributed by atoms with van der Waals surface area (Å²) in [6, 6.07) is 0.299. The number of hydrogen-bond donors (Lipinski definition) is 1. The highest BCUT2D eigenvalue weighted by Gasteiger charge is 2.61. The Balaban J connectivity index is 1.48. The van der Waals surface area contributed by atoms with Crippen molar-refractivity contribution >= 4 is 12.0 Å². The number of aromatic nitrogens is 2. The lowest BCUT2D eigenvalue weighted by Crippen LogP contribution is -2.59. The van der Waals surface area contributed by atoms with E-state index in [9.17, 15) is 9.90 Å². The zero-order valence-electron chi connectivity index (χ0n) is 17.6. The molecule has 5 rings (SSSR count). The Morgan fingerprint density at radius 2 is 1.93 bits per heavy atom. The number of aliphatic hydroxyl groups is 1. The first-order chi connectivity index (χ1) is 13.8. The molecule has 1 aliphatic heterocycles. The zero-order valence-corrected chi connectivity index (χ0v) is 17.6. The molecule has 3 aliphatic carbocycles. The summed E-state index contributed by atoms with van der Waals surface area (Å²) in [7, 11) is 1.96. The Labute approximate surface area is 172 Å². The van der Waals surface area contributed by atoms with E-state index in [1.54, 1.807) is 6.08 Å². The molecule has 5 heteroatoms. The fraction of sp³-hybridized carbons (Fsp3) is 0.625. The molecule has 1 aromatic rings. The zero-order chi connectivity index (χ0) is 20.4. The minimum atomic E-state index is -0.398. The number of carbonyl (C=O) groups excluding carboxylic acids is 1. The summed E-state index contributed by atoms with van der Waals surface area (Å²) in [5, 5.41) is 11.3. The second-order valence-electron chi connectivity index (χ2n) is 10.2. The number of hydrogen-bond acceptors (Lipinski definition) is 4. The maximum atomic E-state index is 12.2. The Morgan fingerprint density at radius 1 is 1.17 bits per heavy atom. The summed E-state index contributed by atoms with van der Waals surface area (Å²) in [5.41, 5.74) is 2.07. The number of carbonyl (C=O) groups is 1. The van der Waals surface area contributed by atoms with E-state index >= 15 is 0 Å². The fourth-order valence-electron chi connectivity index (χ4n) is 7.34. The van der Waals surface area contributed by atoms with E-state index in [4.69, 9.17) is 0 Å². The molecule has 3 fully saturated rings. The van der Waals surface area contributed by atoms with Gasteiger partial charge in [-0.1, -0.05) is 26.0 Å². The van der Waals surface area contributed by atoms with Gasteiger partial charge in [-0.05, 0) is 61.5 Å². The Kier molecular flexibility index (Phi) is 4.25. The van der Waals surface area contributed by atoms with Crippen molar-refractivity contribution in [3.05, 3.63) is 42.0 Å². The maximum absolute atomic E-state index is 12.2. The van der Waals surface area contributed by atoms with Gasteiger partial charge in [-0.15, -0.1) is 0 Å². The first kappa shape index (κ1) is 19.0. The van der Waals surface area contributed by atoms with Crippen LogP contribution in [0.2, 0.25) is 0 Å². The van der Waals surface area contributed by atoms with Crippen molar-refractivity contribution in [3.8, 4) is 0 Å². The Morgan fingerprint density at radius 3 is 2.69 bits per heavy atom. The van der Waals surface area contributed by atoms with Gasteiger partial charge in [0.25, 0.3) is 0 Å². The molecule has 1 aromatic heterocycles. The van der Waals surface area contributed by atoms with Crippen LogP contribution in [0.4, 0.5) is 0 Å². The Hall–Kier alpha value is -2.01. The molecule has 1 amide bonds. The molecule has 0 spiro atoms. The van der Waals surface area contributed by atoms with Crippen LogP contribution in [0.1, 0.15) is 51.5 Å². The minimum Gasteiger partial charge on any atom is -0.388 e. The number of nitrogens with zero attached hydrogens (tertiary/aromatic N) is 3. The van der Waals surface area contributed by atoms with E-state index in [-0.39, 0.29) is 16.7 Å². The van der Waals surface area contributed by atoms with Crippen LogP contribution in [-0.4, -0.2) is 45.1 Å². The predicted molar refractivity (Wildman–Crippen MR) is 111 cm³/mol. The van der Waals surface area contributed by atoms with Crippen molar-refractivity contribution < 1.29 is 9.90 Å². The second-order valence-corrected chi connectivity index (χ2v) is 10.2. The molecule has 0 saturated heterocycles. The van der Waals surface area contributed by atoms with Crippen LogP contribution in [0, 0.1) is 28.6 Å². The minimum absolute atomic E-state index is 0.0393. The fourth-order valence-corrected chi connectivity index (χ4v) is 7.34. The summed E-state index contributed by atoms with van der Waals surface area (Å²) in [6.07, 6.45) is 16.2. The number of likely N-dealkylation sites (N-methyl/N-ethyl adjacent to an activating group) is 1. The molecule has 1 N–H and O–H groups in total. The molecule has 4 aliphatic rings. The molecule has 3 saturated carbocycles. The molecule has 2 heterocycles. The summed E-state index contributed by atoms with van der Waals surface area (Å²) in [5.74, 6) is 1.78. The molecule has 0 radical (unpaired) electrons. The van der Waals surface area contributed by atoms with Gasteiger partial charge in [-0.25, -0.2) is 9.97 Å². The van der Waals surface area contributed by atoms with Gasteiger partial charge in [0.1, 0.15) is 6.33 Å². The number of fused-ring (bicyclic) bond motifs is 5. The highest BCUT2D eigenvalue weighted by molar-refractivity contribution is 5.89. The predicted octanol–water partition coefficient (Wildman–Crippen LogP) is 3.47. The summed E-state index contributed by atoms with van der Waals surface area (Å²) in [6.45, 7) is 4.65. The first-order valence-corrected chi connectivity index (χ1v) is 10.9. The molecule has 29 heavy (non-hydrogen) atoms. The lowest BCUT2D eigenvalue weighted by molar-refractivity contribution is -0.140. The van der Waals surface area contributed by atoms with E-state index in [0.717, 1.165) is 43.2 Å². The average molecular weight is 394 g/mol. The monoisotopic (exact) mass is 393 g/mol. The van der Waals surface area contributed by atoms with Crippen molar-refractivity contribution in [2.45, 2.75) is 58.1 Å². The van der Waals surface area contributed by atoms with Gasteiger partial charge >= 0.3 is 0 Å². The van der Waals surface area contributed by atoms with Gasteiger partial charge in [-0.3, -0.25) is 4.79 Å². The molecule has 0 bridgehead atoms. The van der Waals surface area contributed by atoms with Crippen LogP contribution in [0.15, 0.2) is 36.4 Å². The van der Waals surface area contributed by atoms with Crippen LogP contribution in [0.5, 0.6) is 0 Å². The highest BCUT2D eigenvalue weighted by Crippen LogP contribution is 2.64. The topological polar surface area (TPSA) is 66.3 Å². The third kappa shape index (κ3) is 2.66. The quantitative estimate of drug-likeness (QED) is 0.793. The van der Waals surface area contributed by atoms with Gasteiger partial charge in [0, 0.05) is 41.9 Å².